The first-order valence-corrected chi connectivity index (χ1v) is 16.1. The minimum Gasteiger partial charge on any atom is -0.461 e. The fourth-order valence-corrected chi connectivity index (χ4v) is 5.21. The van der Waals surface area contributed by atoms with Crippen LogP contribution in [0.25, 0.3) is 0 Å². The average molecular weight is 665 g/mol. The number of unbranched alkanes of at least 4 members (excludes halogenated alkanes) is 5. The number of amides is 2. The van der Waals surface area contributed by atoms with Crippen molar-refractivity contribution in [2.24, 2.45) is 5.92 Å². The Kier molecular flexibility index (Phi) is 15.2. The molecule has 1 N–H and O–H groups in total. The van der Waals surface area contributed by atoms with Gasteiger partial charge in [0.15, 0.2) is 0 Å². The molecule has 1 aliphatic heterocycles. The van der Waals surface area contributed by atoms with Gasteiger partial charge in [-0.25, -0.2) is 9.59 Å². The molecule has 1 aromatic carbocycles. The summed E-state index contributed by atoms with van der Waals surface area (Å²) in [6.45, 7) is 6.94. The van der Waals surface area contributed by atoms with Crippen LogP contribution in [0.2, 0.25) is 0 Å². The van der Waals surface area contributed by atoms with Gasteiger partial charge in [0, 0.05) is 6.54 Å². The third-order valence-electron chi connectivity index (χ3n) is 7.18. The van der Waals surface area contributed by atoms with E-state index in [1.807, 2.05) is 30.3 Å². The first-order chi connectivity index (χ1) is 20.2. The Bertz CT molecular complexity index is 1060. The molecular weight excluding hydrogens is 619 g/mol. The van der Waals surface area contributed by atoms with E-state index in [0.717, 1.165) is 37.7 Å². The summed E-state index contributed by atoms with van der Waals surface area (Å²) in [5.41, 5.74) is -0.177. The van der Waals surface area contributed by atoms with Gasteiger partial charge in [-0.3, -0.25) is 4.79 Å². The van der Waals surface area contributed by atoms with E-state index in [-0.39, 0.29) is 32.7 Å². The van der Waals surface area contributed by atoms with Crippen molar-refractivity contribution < 1.29 is 37.9 Å². The molecule has 1 aliphatic rings. The minimum atomic E-state index is -1.81. The molecule has 3 atom stereocenters. The van der Waals surface area contributed by atoms with Crippen molar-refractivity contribution in [1.29, 1.82) is 0 Å². The summed E-state index contributed by atoms with van der Waals surface area (Å²) in [5.74, 6) is -2.98. The van der Waals surface area contributed by atoms with Crippen molar-refractivity contribution in [1.82, 2.24) is 5.32 Å². The third-order valence-corrected chi connectivity index (χ3v) is 7.51. The average Bonchev–Trinajstić information content (AvgIpc) is 2.94. The highest BCUT2D eigenvalue weighted by Crippen LogP contribution is 2.31. The van der Waals surface area contributed by atoms with E-state index in [4.69, 9.17) is 49.0 Å². The summed E-state index contributed by atoms with van der Waals surface area (Å²) < 4.78 is 13.8. The molecule has 1 unspecified atom stereocenters. The molecule has 1 heterocycles. The lowest BCUT2D eigenvalue weighted by atomic mass is 9.92. The number of piperazine rings is 1. The van der Waals surface area contributed by atoms with E-state index < -0.39 is 56.4 Å². The fraction of sp³-hybridized carbons (Fsp3) is 0.677. The maximum absolute atomic E-state index is 14.6. The molecule has 12 heteroatoms. The van der Waals surface area contributed by atoms with Crippen LogP contribution in [-0.4, -0.2) is 70.1 Å². The highest BCUT2D eigenvalue weighted by Gasteiger charge is 2.60. The number of esters is 2. The number of alkyl halides is 3. The van der Waals surface area contributed by atoms with Crippen LogP contribution >= 0.6 is 34.8 Å². The predicted molar refractivity (Wildman–Crippen MR) is 167 cm³/mol. The van der Waals surface area contributed by atoms with Crippen LogP contribution in [0.3, 0.4) is 0 Å². The molecule has 9 nitrogen and oxygen atoms in total. The van der Waals surface area contributed by atoms with Gasteiger partial charge in [0.05, 0.1) is 18.9 Å². The van der Waals surface area contributed by atoms with Gasteiger partial charge in [0.1, 0.15) is 25.4 Å². The maximum atomic E-state index is 14.6. The van der Waals surface area contributed by atoms with Gasteiger partial charge in [-0.15, -0.1) is 4.48 Å². The Balaban J connectivity index is 2.41. The number of nitrogens with one attached hydrogen (secondary N) is 1. The lowest BCUT2D eigenvalue weighted by molar-refractivity contribution is -0.806. The molecule has 2 amide bonds. The van der Waals surface area contributed by atoms with Crippen LogP contribution in [-0.2, 0) is 35.2 Å². The number of imide groups is 1. The van der Waals surface area contributed by atoms with Gasteiger partial charge in [0.2, 0.25) is 9.83 Å². The van der Waals surface area contributed by atoms with Crippen molar-refractivity contribution in [3.63, 3.8) is 0 Å². The number of nitrogens with zero attached hydrogens (tertiary/aromatic N) is 1. The molecule has 0 aliphatic carbocycles. The van der Waals surface area contributed by atoms with E-state index in [0.29, 0.717) is 12.8 Å². The summed E-state index contributed by atoms with van der Waals surface area (Å²) in [7, 11) is 0. The molecule has 1 aromatic rings. The quantitative estimate of drug-likeness (QED) is 0.0775. The normalized spacial score (nSPS) is 19.7. The monoisotopic (exact) mass is 663 g/mol. The lowest BCUT2D eigenvalue weighted by Gasteiger charge is -2.42. The highest BCUT2D eigenvalue weighted by atomic mass is 35.6. The highest BCUT2D eigenvalue weighted by molar-refractivity contribution is 6.67. The van der Waals surface area contributed by atoms with Crippen LogP contribution in [0.1, 0.15) is 84.6 Å². The first kappa shape index (κ1) is 37.3. The second-order valence-corrected chi connectivity index (χ2v) is 14.5. The minimum absolute atomic E-state index is 0.0139. The van der Waals surface area contributed by atoms with Crippen molar-refractivity contribution in [3.05, 3.63) is 35.9 Å². The molecule has 0 spiro atoms. The summed E-state index contributed by atoms with van der Waals surface area (Å²) in [6.07, 6.45) is 4.88. The van der Waals surface area contributed by atoms with E-state index in [9.17, 15) is 19.2 Å². The number of halogens is 3. The van der Waals surface area contributed by atoms with E-state index in [1.54, 1.807) is 20.8 Å². The predicted octanol–water partition coefficient (Wildman–Crippen LogP) is 6.65. The van der Waals surface area contributed by atoms with Gasteiger partial charge in [-0.1, -0.05) is 111 Å². The number of rotatable bonds is 14. The fourth-order valence-electron chi connectivity index (χ4n) is 5.04. The molecule has 1 saturated heterocycles. The number of carbonyl (C=O) groups excluding carboxylic acids is 4. The zero-order valence-electron chi connectivity index (χ0n) is 25.7. The Morgan fingerprint density at radius 2 is 1.63 bits per heavy atom. The second kappa shape index (κ2) is 17.5. The molecule has 0 saturated carbocycles. The number of ether oxygens (including phenoxy) is 3. The van der Waals surface area contributed by atoms with Gasteiger partial charge < -0.3 is 19.5 Å². The summed E-state index contributed by atoms with van der Waals surface area (Å²) >= 11 is 17.3. The molecule has 43 heavy (non-hydrogen) atoms. The zero-order chi connectivity index (χ0) is 32.1. The molecule has 0 aromatic heterocycles. The Labute approximate surface area is 270 Å². The van der Waals surface area contributed by atoms with E-state index in [2.05, 4.69) is 12.2 Å². The van der Waals surface area contributed by atoms with Crippen LogP contribution in [0.4, 0.5) is 4.79 Å². The van der Waals surface area contributed by atoms with Crippen LogP contribution in [0.15, 0.2) is 30.3 Å². The number of carbonyl (C=O) groups is 4. The van der Waals surface area contributed by atoms with Gasteiger partial charge in [-0.2, -0.15) is 4.79 Å². The molecule has 0 radical (unpaired) electrons. The maximum Gasteiger partial charge on any atom is 0.524 e. The van der Waals surface area contributed by atoms with Crippen molar-refractivity contribution in [2.45, 2.75) is 101 Å². The molecule has 242 valence electrons. The molecule has 1 fully saturated rings. The van der Waals surface area contributed by atoms with Crippen LogP contribution in [0.5, 0.6) is 0 Å². The van der Waals surface area contributed by atoms with Crippen LogP contribution < -0.4 is 5.32 Å². The molecular formula is C31H46Cl3N2O7+. The van der Waals surface area contributed by atoms with Crippen LogP contribution in [0, 0.1) is 5.92 Å². The third kappa shape index (κ3) is 12.5. The standard InChI is InChI=1S/C31H46Cl3N2O7/c1-5-6-7-8-9-13-16-24(19-26(37)42-22-31(32,33)34)27(38)36(29(40)43-30(2,3)4)18-17-35-20-25(36)28(39)41-21-23-14-11-10-12-15-23/h10-12,14-15,24-25,35H,5-9,13,16-22H2,1-4H3/q+1/t24-,25?,36+/m1/s1. The molecule has 0 bridgehead atoms. The van der Waals surface area contributed by atoms with Crippen molar-refractivity contribution >= 4 is 58.7 Å². The summed E-state index contributed by atoms with van der Waals surface area (Å²) in [4.78, 5) is 55.0. The largest absolute Gasteiger partial charge is 0.524 e. The Morgan fingerprint density at radius 1 is 0.977 bits per heavy atom. The smallest absolute Gasteiger partial charge is 0.461 e. The topological polar surface area (TPSA) is 108 Å². The zero-order valence-corrected chi connectivity index (χ0v) is 27.9. The van der Waals surface area contributed by atoms with Crippen molar-refractivity contribution in [3.8, 4) is 0 Å². The Morgan fingerprint density at radius 3 is 2.26 bits per heavy atom. The summed E-state index contributed by atoms with van der Waals surface area (Å²) in [5, 5.41) is 3.12. The van der Waals surface area contributed by atoms with Gasteiger partial charge >= 0.3 is 23.9 Å². The summed E-state index contributed by atoms with van der Waals surface area (Å²) in [6, 6.07) is 7.90. The molecule has 2 rings (SSSR count). The second-order valence-electron chi connectivity index (χ2n) is 12.0. The van der Waals surface area contributed by atoms with E-state index in [1.165, 1.54) is 0 Å². The lowest BCUT2D eigenvalue weighted by Crippen LogP contribution is -2.74. The number of hydrogen-bond acceptors (Lipinski definition) is 8. The van der Waals surface area contributed by atoms with Crippen molar-refractivity contribution in [2.75, 3.05) is 26.2 Å². The first-order valence-electron chi connectivity index (χ1n) is 15.0. The number of hydrogen-bond donors (Lipinski definition) is 1. The van der Waals surface area contributed by atoms with Gasteiger partial charge in [0.25, 0.3) is 0 Å². The Hall–Kier alpha value is -1.91. The van der Waals surface area contributed by atoms with E-state index >= 15 is 0 Å². The SMILES string of the molecule is CCCCCCCC[C@H](CC(=O)OCC(Cl)(Cl)Cl)C(=O)[N@+]1(C(=O)OC(C)(C)C)CCNCC1C(=O)OCc1ccccc1. The van der Waals surface area contributed by atoms with Gasteiger partial charge in [-0.05, 0) is 32.8 Å². The number of quaternary nitrogens is 1. The number of benzene rings is 1.